The summed E-state index contributed by atoms with van der Waals surface area (Å²) in [6.45, 7) is 0. The van der Waals surface area contributed by atoms with Gasteiger partial charge >= 0.3 is 0 Å². The van der Waals surface area contributed by atoms with Crippen LogP contribution in [0.25, 0.3) is 6.08 Å². The molecule has 0 saturated heterocycles. The van der Waals surface area contributed by atoms with Gasteiger partial charge < -0.3 is 14.6 Å². The van der Waals surface area contributed by atoms with E-state index >= 15 is 0 Å². The highest BCUT2D eigenvalue weighted by Crippen LogP contribution is 2.37. The van der Waals surface area contributed by atoms with E-state index in [1.807, 2.05) is 0 Å². The molecule has 0 aliphatic rings. The molecule has 1 aromatic carbocycles. The molecule has 5 nitrogen and oxygen atoms in total. The predicted octanol–water partition coefficient (Wildman–Crippen LogP) is 2.70. The van der Waals surface area contributed by atoms with Crippen molar-refractivity contribution in [2.75, 3.05) is 14.2 Å². The van der Waals surface area contributed by atoms with Gasteiger partial charge in [0.2, 0.25) is 5.75 Å². The van der Waals surface area contributed by atoms with Crippen molar-refractivity contribution in [3.63, 3.8) is 0 Å². The van der Waals surface area contributed by atoms with E-state index in [9.17, 15) is 9.90 Å². The smallest absolute Gasteiger partial charge is 0.200 e. The van der Waals surface area contributed by atoms with Crippen LogP contribution in [0.4, 0.5) is 0 Å². The van der Waals surface area contributed by atoms with Crippen LogP contribution in [0.5, 0.6) is 17.2 Å². The summed E-state index contributed by atoms with van der Waals surface area (Å²) in [7, 11) is 2.89. The van der Waals surface area contributed by atoms with E-state index in [4.69, 9.17) is 9.47 Å². The number of allylic oxidation sites excluding steroid dienone is 1. The molecule has 1 heterocycles. The number of methoxy groups -OCH3 is 2. The molecule has 1 N–H and O–H groups in total. The zero-order valence-corrected chi connectivity index (χ0v) is 11.7. The first-order valence-electron chi connectivity index (χ1n) is 6.23. The van der Waals surface area contributed by atoms with Crippen LogP contribution in [-0.4, -0.2) is 30.1 Å². The maximum absolute atomic E-state index is 12.0. The second kappa shape index (κ2) is 6.56. The average molecular weight is 285 g/mol. The molecule has 0 bridgehead atoms. The zero-order valence-electron chi connectivity index (χ0n) is 11.7. The number of rotatable bonds is 5. The summed E-state index contributed by atoms with van der Waals surface area (Å²) < 4.78 is 10.1. The van der Waals surface area contributed by atoms with Gasteiger partial charge in [-0.2, -0.15) is 0 Å². The van der Waals surface area contributed by atoms with Gasteiger partial charge in [0.25, 0.3) is 0 Å². The second-order valence-corrected chi connectivity index (χ2v) is 4.21. The third kappa shape index (κ3) is 3.39. The Labute approximate surface area is 122 Å². The molecular weight excluding hydrogens is 270 g/mol. The van der Waals surface area contributed by atoms with Gasteiger partial charge in [-0.3, -0.25) is 9.78 Å². The first-order valence-corrected chi connectivity index (χ1v) is 6.23. The van der Waals surface area contributed by atoms with Crippen LogP contribution in [0.2, 0.25) is 0 Å². The molecule has 0 unspecified atom stereocenters. The second-order valence-electron chi connectivity index (χ2n) is 4.21. The molecule has 0 fully saturated rings. The summed E-state index contributed by atoms with van der Waals surface area (Å²) in [6.07, 6.45) is 6.17. The van der Waals surface area contributed by atoms with Gasteiger partial charge in [-0.05, 0) is 35.9 Å². The van der Waals surface area contributed by atoms with Crippen molar-refractivity contribution in [1.82, 2.24) is 4.98 Å². The summed E-state index contributed by atoms with van der Waals surface area (Å²) in [5, 5.41) is 9.82. The highest BCUT2D eigenvalue weighted by molar-refractivity contribution is 6.06. The summed E-state index contributed by atoms with van der Waals surface area (Å²) in [5.41, 5.74) is 1.19. The topological polar surface area (TPSA) is 68.7 Å². The fraction of sp³-hybridized carbons (Fsp3) is 0.125. The van der Waals surface area contributed by atoms with Crippen LogP contribution in [0.3, 0.4) is 0 Å². The third-order valence-electron chi connectivity index (χ3n) is 2.88. The largest absolute Gasteiger partial charge is 0.502 e. The van der Waals surface area contributed by atoms with Crippen LogP contribution >= 0.6 is 0 Å². The molecule has 0 amide bonds. The van der Waals surface area contributed by atoms with Crippen molar-refractivity contribution in [1.29, 1.82) is 0 Å². The number of carbonyl (C=O) groups excluding carboxylic acids is 1. The van der Waals surface area contributed by atoms with Gasteiger partial charge in [0.1, 0.15) is 0 Å². The molecule has 0 radical (unpaired) electrons. The lowest BCUT2D eigenvalue weighted by molar-refractivity contribution is 0.104. The fourth-order valence-corrected chi connectivity index (χ4v) is 1.79. The highest BCUT2D eigenvalue weighted by atomic mass is 16.5. The molecule has 0 spiro atoms. The van der Waals surface area contributed by atoms with E-state index in [0.29, 0.717) is 11.1 Å². The quantitative estimate of drug-likeness (QED) is 0.675. The minimum absolute atomic E-state index is 0.0734. The minimum atomic E-state index is -0.158. The van der Waals surface area contributed by atoms with Crippen LogP contribution in [-0.2, 0) is 0 Å². The van der Waals surface area contributed by atoms with Gasteiger partial charge in [-0.1, -0.05) is 6.08 Å². The first-order chi connectivity index (χ1) is 10.2. The Kier molecular flexibility index (Phi) is 4.56. The van der Waals surface area contributed by atoms with Gasteiger partial charge in [0.15, 0.2) is 17.3 Å². The van der Waals surface area contributed by atoms with E-state index in [1.165, 1.54) is 26.5 Å². The van der Waals surface area contributed by atoms with Crippen molar-refractivity contribution < 1.29 is 19.4 Å². The first kappa shape index (κ1) is 14.6. The summed E-state index contributed by atoms with van der Waals surface area (Å²) in [4.78, 5) is 15.9. The number of carbonyl (C=O) groups is 1. The number of ether oxygens (including phenoxy) is 2. The molecule has 0 saturated carbocycles. The molecule has 2 aromatic rings. The lowest BCUT2D eigenvalue weighted by atomic mass is 10.1. The Hall–Kier alpha value is -2.82. The zero-order chi connectivity index (χ0) is 15.2. The van der Waals surface area contributed by atoms with E-state index in [0.717, 1.165) is 0 Å². The van der Waals surface area contributed by atoms with Crippen molar-refractivity contribution in [3.05, 3.63) is 53.9 Å². The number of phenols is 1. The summed E-state index contributed by atoms with van der Waals surface area (Å²) in [6, 6.07) is 6.63. The minimum Gasteiger partial charge on any atom is -0.502 e. The number of aromatic nitrogens is 1. The average Bonchev–Trinajstić information content (AvgIpc) is 2.54. The van der Waals surface area contributed by atoms with Crippen molar-refractivity contribution >= 4 is 11.9 Å². The molecule has 108 valence electrons. The van der Waals surface area contributed by atoms with E-state index in [2.05, 4.69) is 4.98 Å². The van der Waals surface area contributed by atoms with Gasteiger partial charge in [0, 0.05) is 18.0 Å². The number of benzene rings is 1. The monoisotopic (exact) mass is 285 g/mol. The molecule has 0 aliphatic carbocycles. The molecule has 2 rings (SSSR count). The number of pyridine rings is 1. The maximum atomic E-state index is 12.0. The summed E-state index contributed by atoms with van der Waals surface area (Å²) in [5.74, 6) is 0.329. The number of hydrogen-bond donors (Lipinski definition) is 1. The Morgan fingerprint density at radius 3 is 2.43 bits per heavy atom. The van der Waals surface area contributed by atoms with Gasteiger partial charge in [0.05, 0.1) is 14.2 Å². The van der Waals surface area contributed by atoms with E-state index in [1.54, 1.807) is 36.5 Å². The molecule has 0 atom stereocenters. The third-order valence-corrected chi connectivity index (χ3v) is 2.88. The Morgan fingerprint density at radius 2 is 1.90 bits per heavy atom. The lowest BCUT2D eigenvalue weighted by Crippen LogP contribution is -1.94. The molecular formula is C16H15NO4. The van der Waals surface area contributed by atoms with Gasteiger partial charge in [-0.25, -0.2) is 0 Å². The number of phenolic OH excluding ortho intramolecular Hbond substituents is 1. The normalized spacial score (nSPS) is 10.6. The van der Waals surface area contributed by atoms with E-state index in [-0.39, 0.29) is 23.0 Å². The number of nitrogens with zero attached hydrogens (tertiary/aromatic N) is 1. The Balaban J connectivity index is 2.27. The van der Waals surface area contributed by atoms with Crippen LogP contribution in [0.15, 0.2) is 42.7 Å². The maximum Gasteiger partial charge on any atom is 0.200 e. The number of aromatic hydroxyl groups is 1. The number of hydrogen-bond acceptors (Lipinski definition) is 5. The van der Waals surface area contributed by atoms with E-state index < -0.39 is 0 Å². The number of ketones is 1. The molecule has 1 aromatic heterocycles. The molecule has 21 heavy (non-hydrogen) atoms. The van der Waals surface area contributed by atoms with Crippen LogP contribution < -0.4 is 9.47 Å². The van der Waals surface area contributed by atoms with Gasteiger partial charge in [-0.15, -0.1) is 0 Å². The SMILES string of the molecule is COc1cc(C=CC(=O)c2cccnc2)cc(OC)c1O. The Bertz CT molecular complexity index is 640. The van der Waals surface area contributed by atoms with Crippen molar-refractivity contribution in [2.24, 2.45) is 0 Å². The van der Waals surface area contributed by atoms with Crippen LogP contribution in [0.1, 0.15) is 15.9 Å². The molecule has 5 heteroatoms. The van der Waals surface area contributed by atoms with Crippen molar-refractivity contribution in [2.45, 2.75) is 0 Å². The predicted molar refractivity (Wildman–Crippen MR) is 78.8 cm³/mol. The lowest BCUT2D eigenvalue weighted by Gasteiger charge is -2.09. The Morgan fingerprint density at radius 1 is 1.24 bits per heavy atom. The highest BCUT2D eigenvalue weighted by Gasteiger charge is 2.10. The fourth-order valence-electron chi connectivity index (χ4n) is 1.79. The summed E-state index contributed by atoms with van der Waals surface area (Å²) >= 11 is 0. The van der Waals surface area contributed by atoms with Crippen molar-refractivity contribution in [3.8, 4) is 17.2 Å². The standard InChI is InChI=1S/C16H15NO4/c1-20-14-8-11(9-15(21-2)16(14)19)5-6-13(18)12-4-3-7-17-10-12/h3-10,19H,1-2H3. The van der Waals surface area contributed by atoms with Crippen LogP contribution in [0, 0.1) is 0 Å². The molecule has 0 aliphatic heterocycles.